The molecule has 0 heterocycles. The molecule has 0 amide bonds. The summed E-state index contributed by atoms with van der Waals surface area (Å²) in [7, 11) is -3.15. The van der Waals surface area contributed by atoms with E-state index in [0.717, 1.165) is 18.6 Å². The van der Waals surface area contributed by atoms with E-state index in [4.69, 9.17) is 0 Å². The van der Waals surface area contributed by atoms with E-state index in [1.165, 1.54) is 12.8 Å². The van der Waals surface area contributed by atoms with E-state index >= 15 is 0 Å². The fourth-order valence-electron chi connectivity index (χ4n) is 1.62. The lowest BCUT2D eigenvalue weighted by Gasteiger charge is -2.26. The molecule has 2 fully saturated rings. The van der Waals surface area contributed by atoms with Crippen LogP contribution in [0.1, 0.15) is 32.6 Å². The molecule has 0 bridgehead atoms. The van der Waals surface area contributed by atoms with Crippen molar-refractivity contribution in [2.24, 2.45) is 10.5 Å². The first-order valence-corrected chi connectivity index (χ1v) is 6.25. The van der Waals surface area contributed by atoms with Crippen LogP contribution >= 0.6 is 0 Å². The van der Waals surface area contributed by atoms with Gasteiger partial charge in [0.15, 0.2) is 0 Å². The first kappa shape index (κ1) is 8.99. The van der Waals surface area contributed by atoms with Crippen LogP contribution in [0.2, 0.25) is 0 Å². The molecule has 0 aromatic rings. The van der Waals surface area contributed by atoms with Crippen LogP contribution in [0.3, 0.4) is 0 Å². The molecule has 2 aliphatic carbocycles. The topological polar surface area (TPSA) is 58.5 Å². The van der Waals surface area contributed by atoms with E-state index in [1.807, 2.05) is 0 Å². The van der Waals surface area contributed by atoms with Crippen molar-refractivity contribution >= 4 is 15.7 Å². The molecule has 13 heavy (non-hydrogen) atoms. The molecule has 5 heteroatoms. The summed E-state index contributed by atoms with van der Waals surface area (Å²) in [6.07, 6.45) is 4.59. The number of nitrogens with one attached hydrogen (secondary N) is 1. The Morgan fingerprint density at radius 1 is 1.46 bits per heavy atom. The first-order valence-electron chi connectivity index (χ1n) is 4.60. The summed E-state index contributed by atoms with van der Waals surface area (Å²) in [4.78, 5) is 2.24. The summed E-state index contributed by atoms with van der Waals surface area (Å²) < 4.78 is 22.0. The highest BCUT2D eigenvalue weighted by Crippen LogP contribution is 2.59. The van der Waals surface area contributed by atoms with Gasteiger partial charge in [-0.25, -0.2) is 13.2 Å². The average Bonchev–Trinajstić information content (AvgIpc) is 2.78. The van der Waals surface area contributed by atoms with Crippen LogP contribution in [0.25, 0.3) is 0 Å². The van der Waals surface area contributed by atoms with Gasteiger partial charge in [0.1, 0.15) is 0 Å². The van der Waals surface area contributed by atoms with Gasteiger partial charge in [-0.1, -0.05) is 0 Å². The van der Waals surface area contributed by atoms with E-state index in [1.54, 1.807) is 6.92 Å². The Balaban J connectivity index is 1.86. The van der Waals surface area contributed by atoms with Crippen LogP contribution in [-0.2, 0) is 10.0 Å². The summed E-state index contributed by atoms with van der Waals surface area (Å²) in [5, 5.41) is 3.89. The van der Waals surface area contributed by atoms with Gasteiger partial charge in [0.2, 0.25) is 10.0 Å². The molecule has 4 nitrogen and oxygen atoms in total. The zero-order chi connectivity index (χ0) is 9.53. The van der Waals surface area contributed by atoms with Gasteiger partial charge in [0.05, 0.1) is 5.75 Å². The first-order chi connectivity index (χ1) is 6.05. The van der Waals surface area contributed by atoms with E-state index in [-0.39, 0.29) is 5.75 Å². The van der Waals surface area contributed by atoms with E-state index in [0.29, 0.717) is 5.41 Å². The van der Waals surface area contributed by atoms with Gasteiger partial charge >= 0.3 is 0 Å². The smallest absolute Gasteiger partial charge is 0.205 e. The summed E-state index contributed by atoms with van der Waals surface area (Å²) in [6.45, 7) is 1.60. The fraction of sp³-hybridized carbons (Fsp3) is 0.875. The van der Waals surface area contributed by atoms with Crippen molar-refractivity contribution in [2.45, 2.75) is 32.6 Å². The van der Waals surface area contributed by atoms with E-state index in [2.05, 4.69) is 9.93 Å². The van der Waals surface area contributed by atoms with Crippen molar-refractivity contribution in [3.05, 3.63) is 0 Å². The van der Waals surface area contributed by atoms with Crippen LogP contribution in [0.15, 0.2) is 5.10 Å². The van der Waals surface area contributed by atoms with Gasteiger partial charge in [0.25, 0.3) is 0 Å². The predicted octanol–water partition coefficient (Wildman–Crippen LogP) is 0.856. The van der Waals surface area contributed by atoms with Crippen molar-refractivity contribution in [1.29, 1.82) is 0 Å². The molecule has 74 valence electrons. The number of nitrogens with zero attached hydrogens (tertiary/aromatic N) is 1. The molecule has 0 atom stereocenters. The summed E-state index contributed by atoms with van der Waals surface area (Å²) >= 11 is 0. The highest BCUT2D eigenvalue weighted by molar-refractivity contribution is 7.89. The highest BCUT2D eigenvalue weighted by atomic mass is 32.2. The largest absolute Gasteiger partial charge is 0.247 e. The summed E-state index contributed by atoms with van der Waals surface area (Å²) in [5.41, 5.74) is 1.56. The molecule has 0 saturated heterocycles. The molecule has 2 saturated carbocycles. The highest BCUT2D eigenvalue weighted by Gasteiger charge is 2.51. The third-order valence-electron chi connectivity index (χ3n) is 2.84. The lowest BCUT2D eigenvalue weighted by atomic mass is 9.80. The van der Waals surface area contributed by atoms with E-state index < -0.39 is 10.0 Å². The maximum Gasteiger partial charge on any atom is 0.247 e. The standard InChI is InChI=1S/C8H14N2O2S/c1-2-13(11,12)10-9-7-5-8(6-7)3-4-8/h10H,2-6H2,1H3. The fourth-order valence-corrected chi connectivity index (χ4v) is 2.02. The minimum Gasteiger partial charge on any atom is -0.205 e. The lowest BCUT2D eigenvalue weighted by molar-refractivity contribution is 0.477. The van der Waals surface area contributed by atoms with Crippen molar-refractivity contribution in [2.75, 3.05) is 5.75 Å². The minimum atomic E-state index is -3.15. The van der Waals surface area contributed by atoms with Crippen molar-refractivity contribution in [3.63, 3.8) is 0 Å². The van der Waals surface area contributed by atoms with Crippen molar-refractivity contribution < 1.29 is 8.42 Å². The molecule has 2 aliphatic rings. The third kappa shape index (κ3) is 1.85. The Hall–Kier alpha value is -0.580. The van der Waals surface area contributed by atoms with Crippen LogP contribution < -0.4 is 4.83 Å². The van der Waals surface area contributed by atoms with Crippen LogP contribution in [0.4, 0.5) is 0 Å². The molecule has 0 aliphatic heterocycles. The third-order valence-corrected chi connectivity index (χ3v) is 3.97. The van der Waals surface area contributed by atoms with Crippen molar-refractivity contribution in [3.8, 4) is 0 Å². The Morgan fingerprint density at radius 2 is 2.08 bits per heavy atom. The quantitative estimate of drug-likeness (QED) is 0.690. The lowest BCUT2D eigenvalue weighted by Crippen LogP contribution is -2.29. The number of hydrogen-bond acceptors (Lipinski definition) is 3. The minimum absolute atomic E-state index is 0.0922. The Bertz CT molecular complexity index is 331. The average molecular weight is 202 g/mol. The number of hydrazone groups is 1. The van der Waals surface area contributed by atoms with Crippen LogP contribution in [0.5, 0.6) is 0 Å². The molecular formula is C8H14N2O2S. The normalized spacial score (nSPS) is 23.9. The van der Waals surface area contributed by atoms with Crippen LogP contribution in [0, 0.1) is 5.41 Å². The maximum absolute atomic E-state index is 11.0. The second kappa shape index (κ2) is 2.70. The molecule has 1 N–H and O–H groups in total. The van der Waals surface area contributed by atoms with Gasteiger partial charge in [-0.05, 0) is 38.0 Å². The zero-order valence-electron chi connectivity index (χ0n) is 7.71. The second-order valence-electron chi connectivity index (χ2n) is 4.03. The van der Waals surface area contributed by atoms with E-state index in [9.17, 15) is 8.42 Å². The zero-order valence-corrected chi connectivity index (χ0v) is 8.52. The molecule has 2 rings (SSSR count). The van der Waals surface area contributed by atoms with Gasteiger partial charge in [-0.2, -0.15) is 5.10 Å². The Morgan fingerprint density at radius 3 is 2.54 bits per heavy atom. The maximum atomic E-state index is 11.0. The van der Waals surface area contributed by atoms with Crippen LogP contribution in [-0.4, -0.2) is 19.9 Å². The summed E-state index contributed by atoms with van der Waals surface area (Å²) in [5.74, 6) is 0.0922. The molecule has 1 spiro atoms. The number of sulfonamides is 1. The molecular weight excluding hydrogens is 188 g/mol. The predicted molar refractivity (Wildman–Crippen MR) is 50.9 cm³/mol. The Kier molecular flexibility index (Phi) is 1.87. The second-order valence-corrected chi connectivity index (χ2v) is 6.02. The monoisotopic (exact) mass is 202 g/mol. The Labute approximate surface area is 78.5 Å². The van der Waals surface area contributed by atoms with Gasteiger partial charge in [0, 0.05) is 5.71 Å². The van der Waals surface area contributed by atoms with Gasteiger partial charge < -0.3 is 0 Å². The van der Waals surface area contributed by atoms with Gasteiger partial charge in [-0.15, -0.1) is 0 Å². The number of rotatable bonds is 3. The molecule has 0 aromatic carbocycles. The SMILES string of the molecule is CCS(=O)(=O)NN=C1CC2(CC2)C1. The molecule has 0 aromatic heterocycles. The molecule has 0 radical (unpaired) electrons. The molecule has 0 unspecified atom stereocenters. The summed E-state index contributed by atoms with van der Waals surface area (Å²) in [6, 6.07) is 0. The van der Waals surface area contributed by atoms with Crippen molar-refractivity contribution in [1.82, 2.24) is 4.83 Å². The van der Waals surface area contributed by atoms with Gasteiger partial charge in [-0.3, -0.25) is 0 Å². The number of hydrogen-bond donors (Lipinski definition) is 1.